The van der Waals surface area contributed by atoms with Crippen molar-refractivity contribution in [2.75, 3.05) is 6.54 Å². The molecule has 3 rings (SSSR count). The number of halogens is 1. The summed E-state index contributed by atoms with van der Waals surface area (Å²) in [5.41, 5.74) is 1.80. The highest BCUT2D eigenvalue weighted by Gasteiger charge is 2.27. The lowest BCUT2D eigenvalue weighted by Gasteiger charge is -2.32. The topological polar surface area (TPSA) is 45.1 Å². The molecule has 0 saturated carbocycles. The number of rotatable bonds is 2. The first kappa shape index (κ1) is 14.0. The molecule has 2 heterocycles. The summed E-state index contributed by atoms with van der Waals surface area (Å²) >= 11 is 3.55. The van der Waals surface area contributed by atoms with Gasteiger partial charge in [-0.05, 0) is 37.4 Å². The molecule has 3 atom stereocenters. The van der Waals surface area contributed by atoms with Gasteiger partial charge in [0.15, 0.2) is 0 Å². The zero-order valence-electron chi connectivity index (χ0n) is 11.5. The molecule has 0 spiro atoms. The highest BCUT2D eigenvalue weighted by atomic mass is 79.9. The molecule has 1 aliphatic rings. The summed E-state index contributed by atoms with van der Waals surface area (Å²) in [4.78, 5) is 4.46. The Morgan fingerprint density at radius 1 is 1.40 bits per heavy atom. The molecule has 4 heteroatoms. The second-order valence-electron chi connectivity index (χ2n) is 5.67. The lowest BCUT2D eigenvalue weighted by atomic mass is 9.88. The number of fused-ring (bicyclic) bond motifs is 1. The summed E-state index contributed by atoms with van der Waals surface area (Å²) in [6.45, 7) is 3.23. The Bertz CT molecular complexity index is 616. The van der Waals surface area contributed by atoms with E-state index in [-0.39, 0.29) is 6.04 Å². The zero-order valence-corrected chi connectivity index (χ0v) is 13.1. The van der Waals surface area contributed by atoms with E-state index in [2.05, 4.69) is 33.2 Å². The molecule has 1 saturated heterocycles. The van der Waals surface area contributed by atoms with Crippen LogP contribution in [-0.2, 0) is 0 Å². The Morgan fingerprint density at radius 3 is 3.05 bits per heavy atom. The standard InChI is InChI=1S/C16H19BrN2O/c1-10-6-8-18-14(9-10)16(20)12-4-5-13(17)11-3-2-7-19-15(11)12/h2-5,7,10,14,16,18,20H,6,8-9H2,1H3. The number of piperidine rings is 1. The number of hydrogen-bond acceptors (Lipinski definition) is 3. The van der Waals surface area contributed by atoms with Crippen molar-refractivity contribution in [3.8, 4) is 0 Å². The zero-order chi connectivity index (χ0) is 14.1. The van der Waals surface area contributed by atoms with Crippen LogP contribution >= 0.6 is 15.9 Å². The highest BCUT2D eigenvalue weighted by Crippen LogP contribution is 2.32. The van der Waals surface area contributed by atoms with Crippen molar-refractivity contribution in [1.29, 1.82) is 0 Å². The van der Waals surface area contributed by atoms with Crippen LogP contribution in [0.25, 0.3) is 10.9 Å². The molecular formula is C16H19BrN2O. The van der Waals surface area contributed by atoms with Crippen LogP contribution in [-0.4, -0.2) is 22.7 Å². The van der Waals surface area contributed by atoms with Crippen molar-refractivity contribution in [2.24, 2.45) is 5.92 Å². The SMILES string of the molecule is CC1CCNC(C(O)c2ccc(Br)c3cccnc23)C1. The van der Waals surface area contributed by atoms with Crippen molar-refractivity contribution in [2.45, 2.75) is 31.9 Å². The van der Waals surface area contributed by atoms with Gasteiger partial charge in [0.1, 0.15) is 0 Å². The van der Waals surface area contributed by atoms with Crippen LogP contribution in [0.2, 0.25) is 0 Å². The van der Waals surface area contributed by atoms with Gasteiger partial charge in [-0.25, -0.2) is 0 Å². The summed E-state index contributed by atoms with van der Waals surface area (Å²) in [5.74, 6) is 0.658. The Kier molecular flexibility index (Phi) is 4.06. The molecule has 3 nitrogen and oxygen atoms in total. The largest absolute Gasteiger partial charge is 0.387 e. The van der Waals surface area contributed by atoms with E-state index in [1.807, 2.05) is 24.3 Å². The van der Waals surface area contributed by atoms with Crippen LogP contribution in [0.15, 0.2) is 34.9 Å². The molecule has 1 aliphatic heterocycles. The van der Waals surface area contributed by atoms with Crippen LogP contribution in [0.3, 0.4) is 0 Å². The van der Waals surface area contributed by atoms with Gasteiger partial charge in [-0.1, -0.05) is 35.0 Å². The maximum absolute atomic E-state index is 10.7. The highest BCUT2D eigenvalue weighted by molar-refractivity contribution is 9.10. The van der Waals surface area contributed by atoms with Gasteiger partial charge in [-0.3, -0.25) is 4.98 Å². The van der Waals surface area contributed by atoms with E-state index in [4.69, 9.17) is 0 Å². The Labute approximate surface area is 127 Å². The Balaban J connectivity index is 1.99. The smallest absolute Gasteiger partial charge is 0.0964 e. The molecular weight excluding hydrogens is 316 g/mol. The minimum absolute atomic E-state index is 0.116. The first-order valence-corrected chi connectivity index (χ1v) is 7.90. The molecule has 2 aromatic rings. The molecule has 106 valence electrons. The predicted molar refractivity (Wildman–Crippen MR) is 84.6 cm³/mol. The van der Waals surface area contributed by atoms with Gasteiger partial charge in [0, 0.05) is 27.7 Å². The van der Waals surface area contributed by atoms with Crippen LogP contribution in [0, 0.1) is 5.92 Å². The molecule has 3 unspecified atom stereocenters. The number of aliphatic hydroxyl groups excluding tert-OH is 1. The van der Waals surface area contributed by atoms with E-state index in [0.717, 1.165) is 33.9 Å². The number of hydrogen-bond donors (Lipinski definition) is 2. The lowest BCUT2D eigenvalue weighted by Crippen LogP contribution is -2.41. The monoisotopic (exact) mass is 334 g/mol. The molecule has 20 heavy (non-hydrogen) atoms. The molecule has 1 aromatic heterocycles. The minimum atomic E-state index is -0.511. The Morgan fingerprint density at radius 2 is 2.25 bits per heavy atom. The summed E-state index contributed by atoms with van der Waals surface area (Å²) in [7, 11) is 0. The third-order valence-electron chi connectivity index (χ3n) is 4.15. The van der Waals surface area contributed by atoms with Crippen LogP contribution < -0.4 is 5.32 Å². The van der Waals surface area contributed by atoms with Gasteiger partial charge in [-0.2, -0.15) is 0 Å². The molecule has 0 bridgehead atoms. The summed E-state index contributed by atoms with van der Waals surface area (Å²) in [6, 6.07) is 8.04. The molecule has 1 fully saturated rings. The van der Waals surface area contributed by atoms with E-state index in [1.165, 1.54) is 6.42 Å². The number of pyridine rings is 1. The molecule has 0 radical (unpaired) electrons. The fourth-order valence-corrected chi connectivity index (χ4v) is 3.46. The van der Waals surface area contributed by atoms with Gasteiger partial charge >= 0.3 is 0 Å². The predicted octanol–water partition coefficient (Wildman–Crippen LogP) is 3.42. The number of benzene rings is 1. The molecule has 2 N–H and O–H groups in total. The molecule has 0 aliphatic carbocycles. The fraction of sp³-hybridized carbons (Fsp3) is 0.438. The van der Waals surface area contributed by atoms with E-state index >= 15 is 0 Å². The second-order valence-corrected chi connectivity index (χ2v) is 6.53. The summed E-state index contributed by atoms with van der Waals surface area (Å²) < 4.78 is 1.02. The first-order valence-electron chi connectivity index (χ1n) is 7.11. The molecule has 1 aromatic carbocycles. The summed E-state index contributed by atoms with van der Waals surface area (Å²) in [6.07, 6.45) is 3.46. The van der Waals surface area contributed by atoms with Gasteiger partial charge in [0.2, 0.25) is 0 Å². The minimum Gasteiger partial charge on any atom is -0.387 e. The number of aromatic nitrogens is 1. The van der Waals surface area contributed by atoms with E-state index in [9.17, 15) is 5.11 Å². The van der Waals surface area contributed by atoms with Gasteiger partial charge in [0.25, 0.3) is 0 Å². The summed E-state index contributed by atoms with van der Waals surface area (Å²) in [5, 5.41) is 15.2. The average molecular weight is 335 g/mol. The number of nitrogens with one attached hydrogen (secondary N) is 1. The van der Waals surface area contributed by atoms with Gasteiger partial charge in [-0.15, -0.1) is 0 Å². The third kappa shape index (κ3) is 2.60. The van der Waals surface area contributed by atoms with Crippen molar-refractivity contribution >= 4 is 26.8 Å². The van der Waals surface area contributed by atoms with Crippen LogP contribution in [0.5, 0.6) is 0 Å². The van der Waals surface area contributed by atoms with Crippen molar-refractivity contribution < 1.29 is 5.11 Å². The van der Waals surface area contributed by atoms with Crippen molar-refractivity contribution in [3.05, 3.63) is 40.5 Å². The maximum Gasteiger partial charge on any atom is 0.0964 e. The number of aliphatic hydroxyl groups is 1. The van der Waals surface area contributed by atoms with Crippen LogP contribution in [0.4, 0.5) is 0 Å². The first-order chi connectivity index (χ1) is 9.66. The maximum atomic E-state index is 10.7. The average Bonchev–Trinajstić information content (AvgIpc) is 2.47. The molecule has 0 amide bonds. The van der Waals surface area contributed by atoms with Crippen molar-refractivity contribution in [1.82, 2.24) is 10.3 Å². The number of nitrogens with zero attached hydrogens (tertiary/aromatic N) is 1. The third-order valence-corrected chi connectivity index (χ3v) is 4.84. The fourth-order valence-electron chi connectivity index (χ4n) is 3.01. The van der Waals surface area contributed by atoms with Crippen molar-refractivity contribution in [3.63, 3.8) is 0 Å². The van der Waals surface area contributed by atoms with E-state index < -0.39 is 6.10 Å². The van der Waals surface area contributed by atoms with Crippen LogP contribution in [0.1, 0.15) is 31.4 Å². The van der Waals surface area contributed by atoms with E-state index in [0.29, 0.717) is 5.92 Å². The lowest BCUT2D eigenvalue weighted by molar-refractivity contribution is 0.102. The van der Waals surface area contributed by atoms with E-state index in [1.54, 1.807) is 6.20 Å². The quantitative estimate of drug-likeness (QED) is 0.884. The van der Waals surface area contributed by atoms with Gasteiger partial charge < -0.3 is 10.4 Å². The normalized spacial score (nSPS) is 24.8. The Hall–Kier alpha value is -0.970. The van der Waals surface area contributed by atoms with Gasteiger partial charge in [0.05, 0.1) is 11.6 Å². The second kappa shape index (κ2) is 5.80.